The third-order valence-electron chi connectivity index (χ3n) is 4.74. The zero-order chi connectivity index (χ0) is 22.5. The Morgan fingerprint density at radius 1 is 0.969 bits per heavy atom. The van der Waals surface area contributed by atoms with Crippen LogP contribution in [0.4, 0.5) is 11.4 Å². The van der Waals surface area contributed by atoms with Gasteiger partial charge in [-0.15, -0.1) is 12.4 Å². The Balaban J connectivity index is 0.00000363. The normalized spacial score (nSPS) is 10.2. The second-order valence-corrected chi connectivity index (χ2v) is 7.17. The van der Waals surface area contributed by atoms with E-state index < -0.39 is 0 Å². The fourth-order valence-corrected chi connectivity index (χ4v) is 3.95. The maximum Gasteiger partial charge on any atom is 0.224 e. The summed E-state index contributed by atoms with van der Waals surface area (Å²) in [6.45, 7) is 1.78. The topological polar surface area (TPSA) is 105 Å². The molecule has 0 aliphatic carbocycles. The molecule has 0 spiro atoms. The van der Waals surface area contributed by atoms with Crippen LogP contribution in [0, 0.1) is 0 Å². The summed E-state index contributed by atoms with van der Waals surface area (Å²) >= 11 is 1.31. The average molecular weight is 480 g/mol. The summed E-state index contributed by atoms with van der Waals surface area (Å²) in [7, 11) is 6.20. The van der Waals surface area contributed by atoms with E-state index in [2.05, 4.69) is 9.69 Å². The van der Waals surface area contributed by atoms with Crippen LogP contribution in [0.15, 0.2) is 29.6 Å². The zero-order valence-electron chi connectivity index (χ0n) is 18.5. The Bertz CT molecular complexity index is 1080. The van der Waals surface area contributed by atoms with Crippen LogP contribution in [0.25, 0.3) is 22.4 Å². The predicted octanol–water partition coefficient (Wildman–Crippen LogP) is 4.86. The number of nitrogens with two attached hydrogens (primary N) is 1. The summed E-state index contributed by atoms with van der Waals surface area (Å²) in [4.78, 5) is 12.0. The van der Waals surface area contributed by atoms with Gasteiger partial charge in [-0.3, -0.25) is 4.79 Å². The highest BCUT2D eigenvalue weighted by molar-refractivity contribution is 7.04. The molecule has 1 aromatic heterocycles. The summed E-state index contributed by atoms with van der Waals surface area (Å²) in [5.74, 6) is 1.84. The molecule has 3 N–H and O–H groups in total. The van der Waals surface area contributed by atoms with E-state index >= 15 is 0 Å². The van der Waals surface area contributed by atoms with Gasteiger partial charge in [0.1, 0.15) is 0 Å². The summed E-state index contributed by atoms with van der Waals surface area (Å²) < 4.78 is 26.3. The van der Waals surface area contributed by atoms with E-state index in [-0.39, 0.29) is 18.3 Å². The first-order chi connectivity index (χ1) is 15.0. The lowest BCUT2D eigenvalue weighted by molar-refractivity contribution is -0.115. The van der Waals surface area contributed by atoms with E-state index in [9.17, 15) is 4.79 Å². The summed E-state index contributed by atoms with van der Waals surface area (Å²) in [6.07, 6.45) is 0.337. The van der Waals surface area contributed by atoms with Crippen LogP contribution in [0.1, 0.15) is 13.3 Å². The van der Waals surface area contributed by atoms with Gasteiger partial charge in [-0.2, -0.15) is 4.37 Å². The molecule has 0 aliphatic heterocycles. The number of benzene rings is 2. The number of halogens is 1. The Kier molecular flexibility index (Phi) is 8.56. The first-order valence-electron chi connectivity index (χ1n) is 9.49. The summed E-state index contributed by atoms with van der Waals surface area (Å²) in [6, 6.07) is 7.30. The van der Waals surface area contributed by atoms with Crippen LogP contribution in [0.2, 0.25) is 0 Å². The molecule has 3 aromatic rings. The van der Waals surface area contributed by atoms with Crippen molar-refractivity contribution in [2.45, 2.75) is 13.3 Å². The first kappa shape index (κ1) is 25.1. The number of nitrogens with one attached hydrogen (secondary N) is 1. The van der Waals surface area contributed by atoms with E-state index in [1.54, 1.807) is 34.3 Å². The number of hydrogen-bond donors (Lipinski definition) is 2. The molecule has 0 radical (unpaired) electrons. The number of amides is 1. The lowest BCUT2D eigenvalue weighted by Gasteiger charge is -2.16. The fraction of sp³-hybridized carbons (Fsp3) is 0.273. The highest BCUT2D eigenvalue weighted by Gasteiger charge is 2.20. The second kappa shape index (κ2) is 10.9. The van der Waals surface area contributed by atoms with Gasteiger partial charge in [-0.05, 0) is 41.4 Å². The van der Waals surface area contributed by atoms with E-state index in [1.165, 1.54) is 18.6 Å². The lowest BCUT2D eigenvalue weighted by Crippen LogP contribution is -2.11. The van der Waals surface area contributed by atoms with Crippen molar-refractivity contribution in [3.05, 3.63) is 29.6 Å². The van der Waals surface area contributed by atoms with Gasteiger partial charge in [0.05, 0.1) is 45.5 Å². The number of nitrogens with zero attached hydrogens (tertiary/aromatic N) is 1. The van der Waals surface area contributed by atoms with Gasteiger partial charge >= 0.3 is 0 Å². The number of carbonyl (C=O) groups is 1. The average Bonchev–Trinajstić information content (AvgIpc) is 3.27. The zero-order valence-corrected chi connectivity index (χ0v) is 20.1. The van der Waals surface area contributed by atoms with Crippen LogP contribution < -0.4 is 30.0 Å². The van der Waals surface area contributed by atoms with Gasteiger partial charge < -0.3 is 30.0 Å². The van der Waals surface area contributed by atoms with Crippen LogP contribution in [-0.4, -0.2) is 38.7 Å². The minimum Gasteiger partial charge on any atom is -0.493 e. The van der Waals surface area contributed by atoms with Gasteiger partial charge in [0, 0.05) is 22.9 Å². The lowest BCUT2D eigenvalue weighted by atomic mass is 9.99. The molecule has 10 heteroatoms. The summed E-state index contributed by atoms with van der Waals surface area (Å²) in [5, 5.41) is 4.77. The van der Waals surface area contributed by atoms with E-state index in [0.717, 1.165) is 22.4 Å². The molecule has 3 rings (SSSR count). The largest absolute Gasteiger partial charge is 0.493 e. The highest BCUT2D eigenvalue weighted by atomic mass is 35.5. The number of anilines is 2. The van der Waals surface area contributed by atoms with Crippen molar-refractivity contribution in [3.8, 4) is 45.4 Å². The van der Waals surface area contributed by atoms with E-state index in [0.29, 0.717) is 40.8 Å². The van der Waals surface area contributed by atoms with Crippen molar-refractivity contribution in [3.63, 3.8) is 0 Å². The Hall–Kier alpha value is -3.17. The molecule has 8 nitrogen and oxygen atoms in total. The standard InChI is InChI=1S/C22H25N3O5S.ClH/c1-6-19(26)24-16-8-12(7-15(23)21(16)29-4)14-11-31-25-20(14)13-9-17(27-2)22(30-5)18(10-13)28-3;/h7-11H,6,23H2,1-5H3,(H,24,26);1H. The maximum absolute atomic E-state index is 12.0. The van der Waals surface area contributed by atoms with Crippen LogP contribution in [0.5, 0.6) is 23.0 Å². The van der Waals surface area contributed by atoms with Crippen molar-refractivity contribution in [2.24, 2.45) is 0 Å². The molecular weight excluding hydrogens is 454 g/mol. The number of ether oxygens (including phenoxy) is 4. The van der Waals surface area contributed by atoms with Crippen molar-refractivity contribution in [1.82, 2.24) is 4.37 Å². The molecular formula is C22H26ClN3O5S. The molecule has 0 fully saturated rings. The monoisotopic (exact) mass is 479 g/mol. The Morgan fingerprint density at radius 2 is 1.59 bits per heavy atom. The molecule has 172 valence electrons. The predicted molar refractivity (Wildman–Crippen MR) is 130 cm³/mol. The van der Waals surface area contributed by atoms with Crippen LogP contribution >= 0.6 is 23.9 Å². The molecule has 0 atom stereocenters. The Labute approximate surface area is 197 Å². The molecule has 0 bridgehead atoms. The van der Waals surface area contributed by atoms with Crippen LogP contribution in [0.3, 0.4) is 0 Å². The minimum absolute atomic E-state index is 0. The fourth-order valence-electron chi connectivity index (χ4n) is 3.23. The molecule has 0 unspecified atom stereocenters. The number of nitrogen functional groups attached to an aromatic ring is 1. The molecule has 0 aliphatic rings. The van der Waals surface area contributed by atoms with Crippen LogP contribution in [-0.2, 0) is 4.79 Å². The van der Waals surface area contributed by atoms with Gasteiger partial charge in [0.2, 0.25) is 11.7 Å². The molecule has 32 heavy (non-hydrogen) atoms. The minimum atomic E-state index is -0.136. The van der Waals surface area contributed by atoms with E-state index in [4.69, 9.17) is 24.7 Å². The second-order valence-electron chi connectivity index (χ2n) is 6.54. The molecule has 0 saturated heterocycles. The van der Waals surface area contributed by atoms with Gasteiger partial charge in [0.15, 0.2) is 17.2 Å². The number of methoxy groups -OCH3 is 4. The highest BCUT2D eigenvalue weighted by Crippen LogP contribution is 2.45. The molecule has 1 amide bonds. The smallest absolute Gasteiger partial charge is 0.224 e. The number of aromatic nitrogens is 1. The van der Waals surface area contributed by atoms with Crippen molar-refractivity contribution >= 4 is 41.2 Å². The van der Waals surface area contributed by atoms with Gasteiger partial charge in [-0.25, -0.2) is 0 Å². The van der Waals surface area contributed by atoms with Gasteiger partial charge in [-0.1, -0.05) is 6.92 Å². The van der Waals surface area contributed by atoms with Crippen molar-refractivity contribution < 1.29 is 23.7 Å². The maximum atomic E-state index is 12.0. The third-order valence-corrected chi connectivity index (χ3v) is 5.36. The van der Waals surface area contributed by atoms with Crippen molar-refractivity contribution in [1.29, 1.82) is 0 Å². The SMILES string of the molecule is CCC(=O)Nc1cc(-c2csnc2-c2cc(OC)c(OC)c(OC)c2)cc(N)c1OC.Cl. The van der Waals surface area contributed by atoms with Crippen molar-refractivity contribution in [2.75, 3.05) is 39.5 Å². The third kappa shape index (κ3) is 4.84. The quantitative estimate of drug-likeness (QED) is 0.444. The summed E-state index contributed by atoms with van der Waals surface area (Å²) in [5.41, 5.74) is 10.3. The van der Waals surface area contributed by atoms with E-state index in [1.807, 2.05) is 23.6 Å². The molecule has 1 heterocycles. The number of rotatable bonds is 8. The molecule has 2 aromatic carbocycles. The Morgan fingerprint density at radius 3 is 2.12 bits per heavy atom. The first-order valence-corrected chi connectivity index (χ1v) is 10.3. The molecule has 0 saturated carbocycles. The number of carbonyl (C=O) groups excluding carboxylic acids is 1. The number of hydrogen-bond acceptors (Lipinski definition) is 8. The van der Waals surface area contributed by atoms with Gasteiger partial charge in [0.25, 0.3) is 0 Å².